The highest BCUT2D eigenvalue weighted by atomic mass is 16.6. The molecule has 2 heterocycles. The summed E-state index contributed by atoms with van der Waals surface area (Å²) in [5, 5.41) is 18.0. The van der Waals surface area contributed by atoms with E-state index in [1.54, 1.807) is 41.3 Å². The number of rotatable bonds is 7. The number of nitro benzene ring substituents is 1. The van der Waals surface area contributed by atoms with E-state index in [0.717, 1.165) is 5.56 Å². The molecule has 9 heteroatoms. The highest BCUT2D eigenvalue weighted by Gasteiger charge is 2.16. The largest absolute Gasteiger partial charge is 0.457 e. The van der Waals surface area contributed by atoms with Gasteiger partial charge in [-0.2, -0.15) is 5.10 Å². The zero-order chi connectivity index (χ0) is 21.8. The number of non-ortho nitro benzene ring substituents is 1. The van der Waals surface area contributed by atoms with E-state index in [4.69, 9.17) is 9.15 Å². The number of aryl methyl sites for hydroxylation is 1. The molecule has 0 fully saturated rings. The van der Waals surface area contributed by atoms with Gasteiger partial charge >= 0.3 is 0 Å². The molecular formula is C22H18N4O5. The molecular weight excluding hydrogens is 400 g/mol. The number of anilines is 1. The number of aromatic nitrogens is 2. The number of amides is 1. The first-order valence-electron chi connectivity index (χ1n) is 9.38. The van der Waals surface area contributed by atoms with Gasteiger partial charge < -0.3 is 14.5 Å². The van der Waals surface area contributed by atoms with Crippen LogP contribution < -0.4 is 10.1 Å². The Hall–Kier alpha value is -4.40. The van der Waals surface area contributed by atoms with Crippen LogP contribution >= 0.6 is 0 Å². The van der Waals surface area contributed by atoms with Crippen molar-refractivity contribution in [2.24, 2.45) is 0 Å². The number of nitro groups is 1. The van der Waals surface area contributed by atoms with Gasteiger partial charge in [0.15, 0.2) is 5.76 Å². The van der Waals surface area contributed by atoms with Gasteiger partial charge in [-0.1, -0.05) is 12.1 Å². The van der Waals surface area contributed by atoms with Crippen LogP contribution in [0.25, 0.3) is 0 Å². The van der Waals surface area contributed by atoms with Crippen LogP contribution in [0.3, 0.4) is 0 Å². The number of hydrogen-bond acceptors (Lipinski definition) is 6. The fraction of sp³-hybridized carbons (Fsp3) is 0.0909. The van der Waals surface area contributed by atoms with Crippen molar-refractivity contribution in [3.8, 4) is 11.5 Å². The first kappa shape index (κ1) is 19.9. The SMILES string of the molecule is Cc1cccc(Oc2cc(NC(=O)c3ccc(Cn4cccn4)o3)cc([N+](=O)[O-])c2)c1. The first-order valence-corrected chi connectivity index (χ1v) is 9.38. The number of furan rings is 1. The molecule has 1 N–H and O–H groups in total. The minimum absolute atomic E-state index is 0.0785. The minimum atomic E-state index is -0.548. The smallest absolute Gasteiger partial charge is 0.291 e. The van der Waals surface area contributed by atoms with Crippen LogP contribution in [0.1, 0.15) is 21.9 Å². The Balaban J connectivity index is 1.53. The lowest BCUT2D eigenvalue weighted by atomic mass is 10.2. The number of benzene rings is 2. The Labute approximate surface area is 177 Å². The quantitative estimate of drug-likeness (QED) is 0.341. The van der Waals surface area contributed by atoms with E-state index in [1.807, 2.05) is 19.1 Å². The van der Waals surface area contributed by atoms with Crippen LogP contribution in [-0.2, 0) is 6.54 Å². The number of hydrogen-bond donors (Lipinski definition) is 1. The summed E-state index contributed by atoms with van der Waals surface area (Å²) >= 11 is 0. The summed E-state index contributed by atoms with van der Waals surface area (Å²) in [6, 6.07) is 16.4. The summed E-state index contributed by atoms with van der Waals surface area (Å²) in [5.41, 5.74) is 0.992. The highest BCUT2D eigenvalue weighted by molar-refractivity contribution is 6.02. The Morgan fingerprint density at radius 1 is 1.16 bits per heavy atom. The molecule has 0 aliphatic heterocycles. The van der Waals surface area contributed by atoms with Gasteiger partial charge in [-0.3, -0.25) is 19.6 Å². The molecule has 0 radical (unpaired) electrons. The van der Waals surface area contributed by atoms with Crippen LogP contribution in [0, 0.1) is 17.0 Å². The molecule has 2 aromatic carbocycles. The molecule has 0 saturated heterocycles. The second kappa shape index (κ2) is 8.54. The van der Waals surface area contributed by atoms with Gasteiger partial charge in [0.1, 0.15) is 17.3 Å². The predicted octanol–water partition coefficient (Wildman–Crippen LogP) is 4.79. The average molecular weight is 418 g/mol. The van der Waals surface area contributed by atoms with Gasteiger partial charge in [-0.15, -0.1) is 0 Å². The Kier molecular flexibility index (Phi) is 5.48. The summed E-state index contributed by atoms with van der Waals surface area (Å²) in [6.07, 6.45) is 3.43. The van der Waals surface area contributed by atoms with Crippen LogP contribution in [0.2, 0.25) is 0 Å². The minimum Gasteiger partial charge on any atom is -0.457 e. The third-order valence-electron chi connectivity index (χ3n) is 4.35. The molecule has 0 unspecified atom stereocenters. The van der Waals surface area contributed by atoms with Crippen molar-refractivity contribution >= 4 is 17.3 Å². The molecule has 0 bridgehead atoms. The Bertz CT molecular complexity index is 1230. The maximum absolute atomic E-state index is 12.6. The first-order chi connectivity index (χ1) is 15.0. The van der Waals surface area contributed by atoms with Gasteiger partial charge in [-0.05, 0) is 42.8 Å². The van der Waals surface area contributed by atoms with Crippen molar-refractivity contribution < 1.29 is 18.9 Å². The van der Waals surface area contributed by atoms with Crippen molar-refractivity contribution in [3.05, 3.63) is 100 Å². The lowest BCUT2D eigenvalue weighted by molar-refractivity contribution is -0.384. The number of carbonyl (C=O) groups is 1. The average Bonchev–Trinajstić information content (AvgIpc) is 3.40. The van der Waals surface area contributed by atoms with Crippen LogP contribution in [0.5, 0.6) is 11.5 Å². The molecule has 0 spiro atoms. The second-order valence-corrected chi connectivity index (χ2v) is 6.81. The molecule has 2 aromatic heterocycles. The van der Waals surface area contributed by atoms with Gasteiger partial charge in [0.2, 0.25) is 0 Å². The van der Waals surface area contributed by atoms with E-state index >= 15 is 0 Å². The Morgan fingerprint density at radius 2 is 2.03 bits per heavy atom. The van der Waals surface area contributed by atoms with Crippen molar-refractivity contribution in [2.45, 2.75) is 13.5 Å². The summed E-state index contributed by atoms with van der Waals surface area (Å²) in [7, 11) is 0. The monoisotopic (exact) mass is 418 g/mol. The fourth-order valence-corrected chi connectivity index (χ4v) is 2.97. The van der Waals surface area contributed by atoms with E-state index in [-0.39, 0.29) is 22.9 Å². The van der Waals surface area contributed by atoms with E-state index in [0.29, 0.717) is 18.1 Å². The number of carbonyl (C=O) groups excluding carboxylic acids is 1. The maximum Gasteiger partial charge on any atom is 0.291 e. The van der Waals surface area contributed by atoms with Crippen LogP contribution in [0.15, 0.2) is 77.5 Å². The van der Waals surface area contributed by atoms with Gasteiger partial charge in [0.05, 0.1) is 23.2 Å². The second-order valence-electron chi connectivity index (χ2n) is 6.81. The molecule has 1 amide bonds. The van der Waals surface area contributed by atoms with E-state index in [9.17, 15) is 14.9 Å². The zero-order valence-electron chi connectivity index (χ0n) is 16.5. The summed E-state index contributed by atoms with van der Waals surface area (Å²) in [4.78, 5) is 23.4. The van der Waals surface area contributed by atoms with Crippen LogP contribution in [-0.4, -0.2) is 20.6 Å². The maximum atomic E-state index is 12.6. The molecule has 4 rings (SSSR count). The molecule has 0 aliphatic carbocycles. The van der Waals surface area contributed by atoms with Gasteiger partial charge in [-0.25, -0.2) is 0 Å². The number of ether oxygens (including phenoxy) is 1. The number of nitrogens with zero attached hydrogens (tertiary/aromatic N) is 3. The lowest BCUT2D eigenvalue weighted by Gasteiger charge is -2.09. The van der Waals surface area contributed by atoms with E-state index < -0.39 is 10.8 Å². The molecule has 0 saturated carbocycles. The van der Waals surface area contributed by atoms with E-state index in [2.05, 4.69) is 10.4 Å². The lowest BCUT2D eigenvalue weighted by Crippen LogP contribution is -2.11. The predicted molar refractivity (Wildman–Crippen MR) is 112 cm³/mol. The summed E-state index contributed by atoms with van der Waals surface area (Å²) in [5.74, 6) is 0.862. The van der Waals surface area contributed by atoms with Crippen molar-refractivity contribution in [2.75, 3.05) is 5.32 Å². The van der Waals surface area contributed by atoms with Crippen molar-refractivity contribution in [3.63, 3.8) is 0 Å². The molecule has 31 heavy (non-hydrogen) atoms. The molecule has 0 atom stereocenters. The van der Waals surface area contributed by atoms with Crippen molar-refractivity contribution in [1.82, 2.24) is 9.78 Å². The third-order valence-corrected chi connectivity index (χ3v) is 4.35. The normalized spacial score (nSPS) is 10.6. The molecule has 0 aliphatic rings. The van der Waals surface area contributed by atoms with E-state index in [1.165, 1.54) is 24.3 Å². The summed E-state index contributed by atoms with van der Waals surface area (Å²) in [6.45, 7) is 2.29. The van der Waals surface area contributed by atoms with Crippen LogP contribution in [0.4, 0.5) is 11.4 Å². The highest BCUT2D eigenvalue weighted by Crippen LogP contribution is 2.30. The topological polar surface area (TPSA) is 112 Å². The standard InChI is InChI=1S/C22H18N4O5/c1-15-4-2-5-18(10-15)30-20-12-16(11-17(13-20)26(28)29)24-22(27)21-7-6-19(31-21)14-25-9-3-8-23-25/h2-13H,14H2,1H3,(H,24,27). The Morgan fingerprint density at radius 3 is 2.77 bits per heavy atom. The van der Waals surface area contributed by atoms with Gasteiger partial charge in [0, 0.05) is 24.5 Å². The molecule has 4 aromatic rings. The third kappa shape index (κ3) is 4.96. The number of nitrogens with one attached hydrogen (secondary N) is 1. The van der Waals surface area contributed by atoms with Crippen molar-refractivity contribution in [1.29, 1.82) is 0 Å². The zero-order valence-corrected chi connectivity index (χ0v) is 16.5. The van der Waals surface area contributed by atoms with Gasteiger partial charge in [0.25, 0.3) is 11.6 Å². The summed E-state index contributed by atoms with van der Waals surface area (Å²) < 4.78 is 13.0. The fourth-order valence-electron chi connectivity index (χ4n) is 2.97. The molecule has 9 nitrogen and oxygen atoms in total. The molecule has 156 valence electrons.